The molecule has 1 unspecified atom stereocenters. The minimum Gasteiger partial charge on any atom is -0.493 e. The number of benzene rings is 1. The quantitative estimate of drug-likeness (QED) is 0.483. The monoisotopic (exact) mass is 443 g/mol. The van der Waals surface area contributed by atoms with Crippen LogP contribution in [0.25, 0.3) is 0 Å². The average Bonchev–Trinajstić information content (AvgIpc) is 2.91. The van der Waals surface area contributed by atoms with E-state index in [0.717, 1.165) is 4.31 Å². The number of carbonyl (C=O) groups is 2. The molecule has 0 bridgehead atoms. The third-order valence-corrected chi connectivity index (χ3v) is 6.77. The molecule has 4 N–H and O–H groups in total. The standard InChI is InChI=1S/C19H29N3O7S/c1-28-16-9-8-13(11-17(16)29-2)30(26,27)22(19(25)7-3-6-18(20)24)14-5-4-10-21-12-15(14)23/h8-9,11,14-15,21,23H,3-7,10,12H2,1-2H3,(H2,20,24)/t14?,15-/m0/s1. The van der Waals surface area contributed by atoms with Gasteiger partial charge in [0.2, 0.25) is 11.8 Å². The fourth-order valence-corrected chi connectivity index (χ4v) is 5.08. The van der Waals surface area contributed by atoms with Gasteiger partial charge in [0.05, 0.1) is 31.3 Å². The van der Waals surface area contributed by atoms with Gasteiger partial charge in [-0.25, -0.2) is 12.7 Å². The van der Waals surface area contributed by atoms with Gasteiger partial charge in [0, 0.05) is 25.5 Å². The highest BCUT2D eigenvalue weighted by molar-refractivity contribution is 7.89. The average molecular weight is 444 g/mol. The molecule has 1 heterocycles. The van der Waals surface area contributed by atoms with Gasteiger partial charge in [-0.3, -0.25) is 9.59 Å². The summed E-state index contributed by atoms with van der Waals surface area (Å²) in [6, 6.07) is 3.10. The molecule has 0 saturated carbocycles. The maximum absolute atomic E-state index is 13.5. The summed E-state index contributed by atoms with van der Waals surface area (Å²) in [5.41, 5.74) is 5.12. The first-order chi connectivity index (χ1) is 14.2. The number of amides is 2. The van der Waals surface area contributed by atoms with E-state index in [9.17, 15) is 23.1 Å². The molecule has 1 aliphatic rings. The smallest absolute Gasteiger partial charge is 0.266 e. The number of nitrogens with two attached hydrogens (primary N) is 1. The summed E-state index contributed by atoms with van der Waals surface area (Å²) in [7, 11) is -1.51. The Kier molecular flexibility index (Phi) is 8.44. The summed E-state index contributed by atoms with van der Waals surface area (Å²) in [6.45, 7) is 0.769. The Morgan fingerprint density at radius 2 is 1.93 bits per heavy atom. The second-order valence-electron chi connectivity index (χ2n) is 7.01. The van der Waals surface area contributed by atoms with Crippen molar-refractivity contribution in [2.45, 2.75) is 49.1 Å². The predicted octanol–water partition coefficient (Wildman–Crippen LogP) is -0.0104. The minimum absolute atomic E-state index is 0.0369. The number of β-amino-alcohol motifs (C(OH)–C–C–N with tert-alkyl or cyclic N) is 1. The number of rotatable bonds is 9. The largest absolute Gasteiger partial charge is 0.493 e. The number of carbonyl (C=O) groups excluding carboxylic acids is 2. The van der Waals surface area contributed by atoms with Crippen molar-refractivity contribution in [3.8, 4) is 11.5 Å². The lowest BCUT2D eigenvalue weighted by Crippen LogP contribution is -2.51. The van der Waals surface area contributed by atoms with Crippen LogP contribution < -0.4 is 20.5 Å². The van der Waals surface area contributed by atoms with Crippen LogP contribution in [-0.4, -0.2) is 69.1 Å². The zero-order valence-electron chi connectivity index (χ0n) is 17.2. The van der Waals surface area contributed by atoms with Gasteiger partial charge in [-0.2, -0.15) is 0 Å². The zero-order chi connectivity index (χ0) is 22.3. The van der Waals surface area contributed by atoms with Crippen LogP contribution in [0.2, 0.25) is 0 Å². The summed E-state index contributed by atoms with van der Waals surface area (Å²) in [4.78, 5) is 23.8. The number of nitrogens with one attached hydrogen (secondary N) is 1. The summed E-state index contributed by atoms with van der Waals surface area (Å²) in [5, 5.41) is 13.6. The number of aliphatic hydroxyl groups is 1. The Morgan fingerprint density at radius 1 is 1.23 bits per heavy atom. The molecule has 0 spiro atoms. The molecule has 2 amide bonds. The molecule has 1 aromatic carbocycles. The fraction of sp³-hybridized carbons (Fsp3) is 0.579. The Labute approximate surface area is 176 Å². The van der Waals surface area contributed by atoms with Crippen LogP contribution in [0, 0.1) is 0 Å². The molecule has 0 aromatic heterocycles. The van der Waals surface area contributed by atoms with Crippen molar-refractivity contribution in [2.24, 2.45) is 5.73 Å². The van der Waals surface area contributed by atoms with Crippen LogP contribution in [0.3, 0.4) is 0 Å². The van der Waals surface area contributed by atoms with Crippen LogP contribution in [-0.2, 0) is 19.6 Å². The van der Waals surface area contributed by atoms with E-state index in [2.05, 4.69) is 5.32 Å². The lowest BCUT2D eigenvalue weighted by Gasteiger charge is -2.33. The van der Waals surface area contributed by atoms with Crippen LogP contribution in [0.4, 0.5) is 0 Å². The second kappa shape index (κ2) is 10.6. The molecular formula is C19H29N3O7S. The summed E-state index contributed by atoms with van der Waals surface area (Å²) >= 11 is 0. The van der Waals surface area contributed by atoms with E-state index in [1.165, 1.54) is 32.4 Å². The molecule has 1 saturated heterocycles. The number of nitrogens with zero attached hydrogens (tertiary/aromatic N) is 1. The molecule has 11 heteroatoms. The third kappa shape index (κ3) is 5.61. The summed E-state index contributed by atoms with van der Waals surface area (Å²) < 4.78 is 38.1. The Balaban J connectivity index is 2.45. The van der Waals surface area contributed by atoms with E-state index < -0.39 is 34.0 Å². The molecule has 2 atom stereocenters. The highest BCUT2D eigenvalue weighted by atomic mass is 32.2. The summed E-state index contributed by atoms with van der Waals surface area (Å²) in [6.07, 6.45) is -0.275. The van der Waals surface area contributed by atoms with Crippen molar-refractivity contribution in [3.63, 3.8) is 0 Å². The van der Waals surface area contributed by atoms with E-state index >= 15 is 0 Å². The molecule has 2 rings (SSSR count). The highest BCUT2D eigenvalue weighted by Gasteiger charge is 2.39. The molecule has 1 fully saturated rings. The van der Waals surface area contributed by atoms with Gasteiger partial charge in [0.1, 0.15) is 0 Å². The van der Waals surface area contributed by atoms with Crippen molar-refractivity contribution in [2.75, 3.05) is 27.3 Å². The van der Waals surface area contributed by atoms with Crippen LogP contribution in [0.1, 0.15) is 32.1 Å². The van der Waals surface area contributed by atoms with Gasteiger partial charge in [-0.1, -0.05) is 0 Å². The van der Waals surface area contributed by atoms with E-state index in [4.69, 9.17) is 15.2 Å². The lowest BCUT2D eigenvalue weighted by molar-refractivity contribution is -0.130. The fourth-order valence-electron chi connectivity index (χ4n) is 3.40. The summed E-state index contributed by atoms with van der Waals surface area (Å²) in [5.74, 6) is -0.731. The Bertz CT molecular complexity index is 860. The molecule has 0 aliphatic carbocycles. The van der Waals surface area contributed by atoms with E-state index in [1.807, 2.05) is 0 Å². The third-order valence-electron chi connectivity index (χ3n) is 4.92. The molecule has 10 nitrogen and oxygen atoms in total. The molecular weight excluding hydrogens is 414 g/mol. The number of hydrogen-bond acceptors (Lipinski definition) is 8. The highest BCUT2D eigenvalue weighted by Crippen LogP contribution is 2.32. The van der Waals surface area contributed by atoms with Gasteiger partial charge in [-0.05, 0) is 37.9 Å². The first-order valence-corrected chi connectivity index (χ1v) is 11.1. The van der Waals surface area contributed by atoms with E-state index in [-0.39, 0.29) is 36.5 Å². The van der Waals surface area contributed by atoms with Crippen LogP contribution in [0.15, 0.2) is 23.1 Å². The van der Waals surface area contributed by atoms with Crippen molar-refractivity contribution in [1.29, 1.82) is 0 Å². The first-order valence-electron chi connectivity index (χ1n) is 9.68. The van der Waals surface area contributed by atoms with E-state index in [1.54, 1.807) is 0 Å². The lowest BCUT2D eigenvalue weighted by atomic mass is 10.1. The van der Waals surface area contributed by atoms with Gasteiger partial charge in [-0.15, -0.1) is 0 Å². The van der Waals surface area contributed by atoms with Crippen molar-refractivity contribution >= 4 is 21.8 Å². The molecule has 1 aliphatic heterocycles. The maximum atomic E-state index is 13.5. The molecule has 1 aromatic rings. The second-order valence-corrected chi connectivity index (χ2v) is 8.83. The minimum atomic E-state index is -4.31. The number of sulfonamides is 1. The van der Waals surface area contributed by atoms with Gasteiger partial charge < -0.3 is 25.6 Å². The SMILES string of the molecule is COc1ccc(S(=O)(=O)N(C(=O)CCCC(N)=O)C2CCCNC[C@@H]2O)cc1OC. The number of aliphatic hydroxyl groups excluding tert-OH is 1. The van der Waals surface area contributed by atoms with E-state index in [0.29, 0.717) is 25.1 Å². The van der Waals surface area contributed by atoms with Crippen molar-refractivity contribution in [3.05, 3.63) is 18.2 Å². The number of ether oxygens (including phenoxy) is 2. The normalized spacial score (nSPS) is 19.6. The van der Waals surface area contributed by atoms with Crippen LogP contribution in [0.5, 0.6) is 11.5 Å². The maximum Gasteiger partial charge on any atom is 0.266 e. The topological polar surface area (TPSA) is 148 Å². The molecule has 168 valence electrons. The number of hydrogen-bond donors (Lipinski definition) is 3. The van der Waals surface area contributed by atoms with Crippen LogP contribution >= 0.6 is 0 Å². The Hall–Kier alpha value is -2.37. The van der Waals surface area contributed by atoms with Crippen molar-refractivity contribution in [1.82, 2.24) is 9.62 Å². The number of primary amides is 1. The molecule has 30 heavy (non-hydrogen) atoms. The van der Waals surface area contributed by atoms with Gasteiger partial charge in [0.25, 0.3) is 10.0 Å². The number of methoxy groups -OCH3 is 2. The zero-order valence-corrected chi connectivity index (χ0v) is 18.0. The van der Waals surface area contributed by atoms with Gasteiger partial charge in [0.15, 0.2) is 11.5 Å². The molecule has 0 radical (unpaired) electrons. The van der Waals surface area contributed by atoms with Gasteiger partial charge >= 0.3 is 0 Å². The Morgan fingerprint density at radius 3 is 2.57 bits per heavy atom. The first kappa shape index (κ1) is 23.9. The predicted molar refractivity (Wildman–Crippen MR) is 109 cm³/mol. The van der Waals surface area contributed by atoms with Crippen molar-refractivity contribution < 1.29 is 32.6 Å².